The number of anilines is 1. The zero-order chi connectivity index (χ0) is 18.4. The fraction of sp³-hybridized carbons (Fsp3) is 0.500. The molecule has 7 nitrogen and oxygen atoms in total. The monoisotopic (exact) mass is 365 g/mol. The van der Waals surface area contributed by atoms with E-state index in [2.05, 4.69) is 25.9 Å². The van der Waals surface area contributed by atoms with Gasteiger partial charge in [-0.25, -0.2) is 4.98 Å². The first-order chi connectivity index (χ1) is 13.2. The lowest BCUT2D eigenvalue weighted by Crippen LogP contribution is -2.48. The molecule has 1 saturated heterocycles. The van der Waals surface area contributed by atoms with Crippen LogP contribution >= 0.6 is 0 Å². The Balaban J connectivity index is 1.20. The highest BCUT2D eigenvalue weighted by atomic mass is 16.5. The summed E-state index contributed by atoms with van der Waals surface area (Å²) < 4.78 is 5.95. The Morgan fingerprint density at radius 1 is 1.26 bits per heavy atom. The van der Waals surface area contributed by atoms with Crippen molar-refractivity contribution in [3.63, 3.8) is 0 Å². The molecule has 140 valence electrons. The first-order valence-corrected chi connectivity index (χ1v) is 9.61. The summed E-state index contributed by atoms with van der Waals surface area (Å²) in [5.41, 5.74) is 3.06. The lowest BCUT2D eigenvalue weighted by atomic mass is 9.95. The number of carbonyl (C=O) groups is 1. The van der Waals surface area contributed by atoms with E-state index in [1.807, 2.05) is 24.1 Å². The maximum absolute atomic E-state index is 12.8. The summed E-state index contributed by atoms with van der Waals surface area (Å²) in [4.78, 5) is 30.1. The molecule has 7 heteroatoms. The van der Waals surface area contributed by atoms with E-state index in [9.17, 15) is 4.79 Å². The van der Waals surface area contributed by atoms with E-state index in [1.54, 1.807) is 6.20 Å². The second-order valence-corrected chi connectivity index (χ2v) is 7.75. The molecule has 2 aromatic rings. The van der Waals surface area contributed by atoms with Crippen LogP contribution in [0, 0.1) is 12.8 Å². The number of hydrogen-bond acceptors (Lipinski definition) is 6. The Bertz CT molecular complexity index is 862. The van der Waals surface area contributed by atoms with Crippen LogP contribution in [0.3, 0.4) is 0 Å². The maximum Gasteiger partial charge on any atom is 0.223 e. The summed E-state index contributed by atoms with van der Waals surface area (Å²) in [7, 11) is 0. The van der Waals surface area contributed by atoms with E-state index in [1.165, 1.54) is 0 Å². The molecule has 0 radical (unpaired) electrons. The van der Waals surface area contributed by atoms with Crippen molar-refractivity contribution in [1.29, 1.82) is 0 Å². The summed E-state index contributed by atoms with van der Waals surface area (Å²) in [6, 6.07) is 4.00. The molecule has 1 amide bonds. The highest BCUT2D eigenvalue weighted by molar-refractivity contribution is 5.77. The zero-order valence-corrected chi connectivity index (χ0v) is 15.5. The van der Waals surface area contributed by atoms with Gasteiger partial charge >= 0.3 is 0 Å². The molecule has 0 unspecified atom stereocenters. The average Bonchev–Trinajstić information content (AvgIpc) is 3.33. The minimum Gasteiger partial charge on any atom is -0.474 e. The van der Waals surface area contributed by atoms with Crippen LogP contribution in [0.15, 0.2) is 24.5 Å². The first kappa shape index (κ1) is 16.5. The molecule has 1 aliphatic carbocycles. The third-order valence-electron chi connectivity index (χ3n) is 5.44. The van der Waals surface area contributed by atoms with Crippen LogP contribution in [0.1, 0.15) is 36.3 Å². The maximum atomic E-state index is 12.8. The number of ether oxygens (including phenoxy) is 1. The fourth-order valence-corrected chi connectivity index (χ4v) is 3.79. The SMILES string of the molecule is Cc1nc2c(c(OC3CC3)n1)CN(C(=O)CC1CN(c3cccnc3)C1)C2. The average molecular weight is 365 g/mol. The van der Waals surface area contributed by atoms with Crippen LogP contribution < -0.4 is 9.64 Å². The fourth-order valence-electron chi connectivity index (χ4n) is 3.79. The normalized spacial score (nSPS) is 19.0. The predicted octanol–water partition coefficient (Wildman–Crippen LogP) is 2.09. The largest absolute Gasteiger partial charge is 0.474 e. The van der Waals surface area contributed by atoms with Gasteiger partial charge in [-0.05, 0) is 31.9 Å². The summed E-state index contributed by atoms with van der Waals surface area (Å²) in [5.74, 6) is 1.99. The molecular weight excluding hydrogens is 342 g/mol. The molecule has 27 heavy (non-hydrogen) atoms. The molecule has 0 aromatic carbocycles. The van der Waals surface area contributed by atoms with Crippen LogP contribution in [-0.4, -0.2) is 45.0 Å². The molecule has 3 aliphatic rings. The lowest BCUT2D eigenvalue weighted by molar-refractivity contribution is -0.133. The van der Waals surface area contributed by atoms with Gasteiger partial charge in [0.15, 0.2) is 0 Å². The number of aryl methyl sites for hydroxylation is 1. The summed E-state index contributed by atoms with van der Waals surface area (Å²) in [5, 5.41) is 0. The van der Waals surface area contributed by atoms with Crippen LogP contribution in [-0.2, 0) is 17.9 Å². The van der Waals surface area contributed by atoms with Crippen LogP contribution in [0.5, 0.6) is 5.88 Å². The Morgan fingerprint density at radius 2 is 2.11 bits per heavy atom. The lowest BCUT2D eigenvalue weighted by Gasteiger charge is -2.41. The molecule has 4 heterocycles. The number of carbonyl (C=O) groups excluding carboxylic acids is 1. The standard InChI is InChI=1S/C20H23N5O2/c1-13-22-18-12-25(11-17(18)20(23-13)27-16-4-5-16)19(26)7-14-9-24(10-14)15-3-2-6-21-8-15/h2-3,6,8,14,16H,4-5,7,9-12H2,1H3. The van der Waals surface area contributed by atoms with Gasteiger partial charge in [-0.15, -0.1) is 0 Å². The van der Waals surface area contributed by atoms with Crippen molar-refractivity contribution in [2.24, 2.45) is 5.92 Å². The molecule has 0 atom stereocenters. The minimum absolute atomic E-state index is 0.193. The van der Waals surface area contributed by atoms with Crippen LogP contribution in [0.4, 0.5) is 5.69 Å². The Hall–Kier alpha value is -2.70. The van der Waals surface area contributed by atoms with Gasteiger partial charge in [0.2, 0.25) is 11.8 Å². The van der Waals surface area contributed by atoms with Crippen molar-refractivity contribution in [3.8, 4) is 5.88 Å². The molecule has 0 spiro atoms. The molecule has 1 saturated carbocycles. The number of aromatic nitrogens is 3. The van der Waals surface area contributed by atoms with Gasteiger partial charge in [-0.2, -0.15) is 4.98 Å². The molecule has 2 aromatic heterocycles. The van der Waals surface area contributed by atoms with Crippen molar-refractivity contribution >= 4 is 11.6 Å². The number of nitrogens with zero attached hydrogens (tertiary/aromatic N) is 5. The van der Waals surface area contributed by atoms with Gasteiger partial charge in [0, 0.05) is 31.6 Å². The number of hydrogen-bond donors (Lipinski definition) is 0. The summed E-state index contributed by atoms with van der Waals surface area (Å²) >= 11 is 0. The number of pyridine rings is 1. The van der Waals surface area contributed by atoms with Crippen molar-refractivity contribution in [1.82, 2.24) is 19.9 Å². The molecule has 5 rings (SSSR count). The van der Waals surface area contributed by atoms with Crippen LogP contribution in [0.25, 0.3) is 0 Å². The van der Waals surface area contributed by atoms with Crippen molar-refractivity contribution in [2.75, 3.05) is 18.0 Å². The van der Waals surface area contributed by atoms with Gasteiger partial charge in [-0.3, -0.25) is 9.78 Å². The van der Waals surface area contributed by atoms with E-state index in [0.717, 1.165) is 42.9 Å². The van der Waals surface area contributed by atoms with E-state index in [4.69, 9.17) is 4.74 Å². The van der Waals surface area contributed by atoms with Gasteiger partial charge < -0.3 is 14.5 Å². The number of fused-ring (bicyclic) bond motifs is 1. The van der Waals surface area contributed by atoms with Gasteiger partial charge in [0.25, 0.3) is 0 Å². The quantitative estimate of drug-likeness (QED) is 0.808. The number of rotatable bonds is 5. The molecule has 0 N–H and O–H groups in total. The van der Waals surface area contributed by atoms with Gasteiger partial charge in [0.05, 0.1) is 36.2 Å². The molecule has 2 aliphatic heterocycles. The second-order valence-electron chi connectivity index (χ2n) is 7.75. The highest BCUT2D eigenvalue weighted by Crippen LogP contribution is 2.34. The zero-order valence-electron chi connectivity index (χ0n) is 15.5. The third kappa shape index (κ3) is 3.34. The molecular formula is C20H23N5O2. The highest BCUT2D eigenvalue weighted by Gasteiger charge is 2.35. The third-order valence-corrected chi connectivity index (χ3v) is 5.44. The van der Waals surface area contributed by atoms with Crippen molar-refractivity contribution in [2.45, 2.75) is 45.4 Å². The van der Waals surface area contributed by atoms with E-state index >= 15 is 0 Å². The van der Waals surface area contributed by atoms with E-state index < -0.39 is 0 Å². The smallest absolute Gasteiger partial charge is 0.223 e. The summed E-state index contributed by atoms with van der Waals surface area (Å²) in [6.45, 7) is 4.83. The summed E-state index contributed by atoms with van der Waals surface area (Å²) in [6.07, 6.45) is 6.71. The van der Waals surface area contributed by atoms with Crippen molar-refractivity contribution < 1.29 is 9.53 Å². The van der Waals surface area contributed by atoms with Crippen molar-refractivity contribution in [3.05, 3.63) is 41.6 Å². The van der Waals surface area contributed by atoms with Gasteiger partial charge in [0.1, 0.15) is 11.9 Å². The minimum atomic E-state index is 0.193. The Kier molecular flexibility index (Phi) is 3.95. The Labute approximate surface area is 158 Å². The molecule has 2 fully saturated rings. The number of amides is 1. The predicted molar refractivity (Wildman–Crippen MR) is 99.2 cm³/mol. The second kappa shape index (κ2) is 6.48. The van der Waals surface area contributed by atoms with Crippen LogP contribution in [0.2, 0.25) is 0 Å². The van der Waals surface area contributed by atoms with E-state index in [-0.39, 0.29) is 5.91 Å². The first-order valence-electron chi connectivity index (χ1n) is 9.61. The molecule has 0 bridgehead atoms. The van der Waals surface area contributed by atoms with E-state index in [0.29, 0.717) is 43.2 Å². The van der Waals surface area contributed by atoms with Gasteiger partial charge in [-0.1, -0.05) is 0 Å². The topological polar surface area (TPSA) is 71.5 Å². The Morgan fingerprint density at radius 3 is 2.85 bits per heavy atom.